The lowest BCUT2D eigenvalue weighted by atomic mass is 10.1. The van der Waals surface area contributed by atoms with E-state index in [0.717, 1.165) is 28.5 Å². The highest BCUT2D eigenvalue weighted by Gasteiger charge is 2.23. The Morgan fingerprint density at radius 1 is 1.36 bits per heavy atom. The van der Waals surface area contributed by atoms with Gasteiger partial charge >= 0.3 is 0 Å². The number of fused-ring (bicyclic) bond motifs is 1. The summed E-state index contributed by atoms with van der Waals surface area (Å²) < 4.78 is 7.60. The lowest BCUT2D eigenvalue weighted by Gasteiger charge is -2.10. The summed E-state index contributed by atoms with van der Waals surface area (Å²) >= 11 is 0. The molecule has 1 fully saturated rings. The van der Waals surface area contributed by atoms with Gasteiger partial charge in [0.15, 0.2) is 11.5 Å². The molecule has 5 heteroatoms. The van der Waals surface area contributed by atoms with Crippen molar-refractivity contribution in [3.05, 3.63) is 42.9 Å². The molecule has 1 N–H and O–H groups in total. The van der Waals surface area contributed by atoms with Gasteiger partial charge < -0.3 is 14.5 Å². The molecule has 3 aromatic rings. The average Bonchev–Trinajstić information content (AvgIpc) is 3.21. The Morgan fingerprint density at radius 2 is 2.27 bits per heavy atom. The maximum atomic E-state index is 5.58. The van der Waals surface area contributed by atoms with Crippen molar-refractivity contribution in [2.24, 2.45) is 0 Å². The monoisotopic (exact) mass is 294 g/mol. The molecule has 0 saturated heterocycles. The Morgan fingerprint density at radius 3 is 3.09 bits per heavy atom. The van der Waals surface area contributed by atoms with Gasteiger partial charge in [0, 0.05) is 30.2 Å². The zero-order valence-corrected chi connectivity index (χ0v) is 12.5. The molecule has 5 nitrogen and oxygen atoms in total. The second kappa shape index (κ2) is 5.33. The van der Waals surface area contributed by atoms with Gasteiger partial charge in [-0.25, -0.2) is 9.97 Å². The van der Waals surface area contributed by atoms with Crippen molar-refractivity contribution in [2.45, 2.75) is 25.8 Å². The Bertz CT molecular complexity index is 807. The number of aromatic nitrogens is 3. The van der Waals surface area contributed by atoms with Crippen LogP contribution >= 0.6 is 0 Å². The van der Waals surface area contributed by atoms with Crippen molar-refractivity contribution >= 4 is 11.5 Å². The summed E-state index contributed by atoms with van der Waals surface area (Å²) in [5.41, 5.74) is 2.83. The molecule has 0 bridgehead atoms. The van der Waals surface area contributed by atoms with E-state index in [1.54, 1.807) is 6.20 Å². The molecule has 112 valence electrons. The predicted octanol–water partition coefficient (Wildman–Crippen LogP) is 3.37. The molecule has 0 spiro atoms. The smallest absolute Gasteiger partial charge is 0.180 e. The first-order valence-corrected chi connectivity index (χ1v) is 7.67. The predicted molar refractivity (Wildman–Crippen MR) is 86.2 cm³/mol. The molecule has 0 amide bonds. The van der Waals surface area contributed by atoms with Gasteiger partial charge in [0.1, 0.15) is 5.75 Å². The maximum Gasteiger partial charge on any atom is 0.180 e. The van der Waals surface area contributed by atoms with Crippen molar-refractivity contribution < 1.29 is 4.74 Å². The number of nitrogens with one attached hydrogen (secondary N) is 1. The van der Waals surface area contributed by atoms with E-state index in [2.05, 4.69) is 16.4 Å². The third-order valence-electron chi connectivity index (χ3n) is 3.73. The van der Waals surface area contributed by atoms with Crippen LogP contribution in [0.15, 0.2) is 42.9 Å². The van der Waals surface area contributed by atoms with Crippen LogP contribution in [0.2, 0.25) is 0 Å². The highest BCUT2D eigenvalue weighted by atomic mass is 16.5. The summed E-state index contributed by atoms with van der Waals surface area (Å²) in [6, 6.07) is 8.57. The fourth-order valence-corrected chi connectivity index (χ4v) is 2.50. The van der Waals surface area contributed by atoms with Crippen LogP contribution in [0.25, 0.3) is 16.9 Å². The SMILES string of the molecule is CCOc1cccc(-c2cn3ccnc3c(NC3CC3)n2)c1. The molecular weight excluding hydrogens is 276 g/mol. The molecule has 1 aromatic carbocycles. The van der Waals surface area contributed by atoms with E-state index in [1.165, 1.54) is 12.8 Å². The molecule has 1 saturated carbocycles. The molecule has 1 aliphatic carbocycles. The van der Waals surface area contributed by atoms with Crippen LogP contribution in [-0.4, -0.2) is 27.0 Å². The molecule has 0 aliphatic heterocycles. The van der Waals surface area contributed by atoms with Gasteiger partial charge in [-0.05, 0) is 31.9 Å². The Kier molecular flexibility index (Phi) is 3.18. The van der Waals surface area contributed by atoms with Gasteiger partial charge in [-0.3, -0.25) is 0 Å². The van der Waals surface area contributed by atoms with Crippen molar-refractivity contribution in [3.63, 3.8) is 0 Å². The number of hydrogen-bond donors (Lipinski definition) is 1. The van der Waals surface area contributed by atoms with Gasteiger partial charge in [0.25, 0.3) is 0 Å². The normalized spacial score (nSPS) is 14.2. The van der Waals surface area contributed by atoms with Crippen LogP contribution in [0.5, 0.6) is 5.75 Å². The van der Waals surface area contributed by atoms with Gasteiger partial charge in [0.2, 0.25) is 0 Å². The van der Waals surface area contributed by atoms with Crippen LogP contribution in [-0.2, 0) is 0 Å². The van der Waals surface area contributed by atoms with Crippen LogP contribution in [0.4, 0.5) is 5.82 Å². The first-order valence-electron chi connectivity index (χ1n) is 7.67. The zero-order valence-electron chi connectivity index (χ0n) is 12.5. The van der Waals surface area contributed by atoms with Crippen LogP contribution in [0.3, 0.4) is 0 Å². The topological polar surface area (TPSA) is 51.5 Å². The molecule has 0 atom stereocenters. The number of benzene rings is 1. The highest BCUT2D eigenvalue weighted by Crippen LogP contribution is 2.29. The third kappa shape index (κ3) is 2.50. The lowest BCUT2D eigenvalue weighted by molar-refractivity contribution is 0.340. The molecular formula is C17H18N4O. The van der Waals surface area contributed by atoms with Crippen LogP contribution < -0.4 is 10.1 Å². The molecule has 0 unspecified atom stereocenters. The number of rotatable bonds is 5. The maximum absolute atomic E-state index is 5.58. The van der Waals surface area contributed by atoms with E-state index < -0.39 is 0 Å². The van der Waals surface area contributed by atoms with Crippen LogP contribution in [0, 0.1) is 0 Å². The summed E-state index contributed by atoms with van der Waals surface area (Å²) in [4.78, 5) is 9.17. The number of imidazole rings is 1. The van der Waals surface area contributed by atoms with E-state index in [-0.39, 0.29) is 0 Å². The first-order chi connectivity index (χ1) is 10.8. The van der Waals surface area contributed by atoms with E-state index in [9.17, 15) is 0 Å². The second-order valence-corrected chi connectivity index (χ2v) is 5.51. The molecule has 1 aliphatic rings. The minimum atomic E-state index is 0.540. The van der Waals surface area contributed by atoms with Gasteiger partial charge in [-0.15, -0.1) is 0 Å². The number of anilines is 1. The van der Waals surface area contributed by atoms with Gasteiger partial charge in [-0.2, -0.15) is 0 Å². The molecule has 2 heterocycles. The second-order valence-electron chi connectivity index (χ2n) is 5.51. The number of hydrogen-bond acceptors (Lipinski definition) is 4. The van der Waals surface area contributed by atoms with E-state index in [0.29, 0.717) is 12.6 Å². The summed E-state index contributed by atoms with van der Waals surface area (Å²) in [7, 11) is 0. The molecule has 4 rings (SSSR count). The summed E-state index contributed by atoms with van der Waals surface area (Å²) in [6.45, 7) is 2.64. The van der Waals surface area contributed by atoms with E-state index in [4.69, 9.17) is 9.72 Å². The van der Waals surface area contributed by atoms with Crippen molar-refractivity contribution in [1.82, 2.24) is 14.4 Å². The summed E-state index contributed by atoms with van der Waals surface area (Å²) in [5, 5.41) is 3.47. The van der Waals surface area contributed by atoms with Gasteiger partial charge in [-0.1, -0.05) is 12.1 Å². The Balaban J connectivity index is 1.78. The van der Waals surface area contributed by atoms with Crippen molar-refractivity contribution in [2.75, 3.05) is 11.9 Å². The van der Waals surface area contributed by atoms with E-state index in [1.807, 2.05) is 41.9 Å². The standard InChI is InChI=1S/C17H18N4O/c1-2-22-14-5-3-4-12(10-14)15-11-21-9-8-18-17(21)16(20-15)19-13-6-7-13/h3-5,8-11,13H,2,6-7H2,1H3,(H,19,20). The van der Waals surface area contributed by atoms with Crippen molar-refractivity contribution in [1.29, 1.82) is 0 Å². The molecule has 22 heavy (non-hydrogen) atoms. The number of nitrogens with zero attached hydrogens (tertiary/aromatic N) is 3. The van der Waals surface area contributed by atoms with Gasteiger partial charge in [0.05, 0.1) is 12.3 Å². The number of ether oxygens (including phenoxy) is 1. The first kappa shape index (κ1) is 13.1. The highest BCUT2D eigenvalue weighted by molar-refractivity contribution is 5.70. The van der Waals surface area contributed by atoms with Crippen LogP contribution in [0.1, 0.15) is 19.8 Å². The minimum absolute atomic E-state index is 0.540. The summed E-state index contributed by atoms with van der Waals surface area (Å²) in [6.07, 6.45) is 8.17. The molecule has 0 radical (unpaired) electrons. The average molecular weight is 294 g/mol. The third-order valence-corrected chi connectivity index (χ3v) is 3.73. The fraction of sp³-hybridized carbons (Fsp3) is 0.294. The summed E-state index contributed by atoms with van der Waals surface area (Å²) in [5.74, 6) is 1.72. The van der Waals surface area contributed by atoms with Crippen molar-refractivity contribution in [3.8, 4) is 17.0 Å². The zero-order chi connectivity index (χ0) is 14.9. The largest absolute Gasteiger partial charge is 0.494 e. The quantitative estimate of drug-likeness (QED) is 0.784. The fourth-order valence-electron chi connectivity index (χ4n) is 2.50. The van der Waals surface area contributed by atoms with E-state index >= 15 is 0 Å². The Labute approximate surface area is 129 Å². The Hall–Kier alpha value is -2.56. The lowest BCUT2D eigenvalue weighted by Crippen LogP contribution is -2.06. The molecule has 2 aromatic heterocycles. The minimum Gasteiger partial charge on any atom is -0.494 e.